The zero-order valence-electron chi connectivity index (χ0n) is 15.3. The van der Waals surface area contributed by atoms with Crippen LogP contribution in [0.25, 0.3) is 11.0 Å². The maximum Gasteiger partial charge on any atom is 0.305 e. The Kier molecular flexibility index (Phi) is 5.41. The number of ketones is 1. The molecule has 6 nitrogen and oxygen atoms in total. The van der Waals surface area contributed by atoms with Crippen molar-refractivity contribution < 1.29 is 18.8 Å². The molecule has 2 amide bonds. The average molecular weight is 384 g/mol. The summed E-state index contributed by atoms with van der Waals surface area (Å²) in [5, 5.41) is 0.848. The largest absolute Gasteiger partial charge is 0.451 e. The third-order valence-corrected chi connectivity index (χ3v) is 5.25. The molecule has 0 saturated carbocycles. The maximum absolute atomic E-state index is 12.3. The molecule has 2 heterocycles. The summed E-state index contributed by atoms with van der Waals surface area (Å²) in [6, 6.07) is 9.16. The van der Waals surface area contributed by atoms with Gasteiger partial charge in [0.05, 0.1) is 0 Å². The van der Waals surface area contributed by atoms with E-state index in [1.54, 1.807) is 24.3 Å². The van der Waals surface area contributed by atoms with Gasteiger partial charge < -0.3 is 4.42 Å². The van der Waals surface area contributed by atoms with Crippen LogP contribution in [0.5, 0.6) is 0 Å². The molecule has 7 heteroatoms. The summed E-state index contributed by atoms with van der Waals surface area (Å²) < 4.78 is 5.55. The van der Waals surface area contributed by atoms with Gasteiger partial charge in [-0.25, -0.2) is 0 Å². The van der Waals surface area contributed by atoms with E-state index in [-0.39, 0.29) is 24.4 Å². The van der Waals surface area contributed by atoms with Crippen LogP contribution in [0.3, 0.4) is 0 Å². The van der Waals surface area contributed by atoms with Crippen LogP contribution >= 0.6 is 11.3 Å². The van der Waals surface area contributed by atoms with Gasteiger partial charge in [0.1, 0.15) is 5.58 Å². The first-order valence-corrected chi connectivity index (χ1v) is 9.36. The number of hydrazine groups is 1. The number of hydrogen-bond donors (Lipinski definition) is 2. The van der Waals surface area contributed by atoms with Crippen molar-refractivity contribution in [2.75, 3.05) is 0 Å². The molecule has 140 valence electrons. The predicted molar refractivity (Wildman–Crippen MR) is 104 cm³/mol. The molecule has 0 saturated heterocycles. The first-order chi connectivity index (χ1) is 12.9. The fourth-order valence-corrected chi connectivity index (χ4v) is 3.85. The van der Waals surface area contributed by atoms with E-state index in [9.17, 15) is 14.4 Å². The third kappa shape index (κ3) is 4.09. The molecule has 0 aliphatic rings. The monoisotopic (exact) mass is 384 g/mol. The lowest BCUT2D eigenvalue weighted by atomic mass is 10.1. The molecule has 0 aliphatic heterocycles. The fraction of sp³-hybridized carbons (Fsp3) is 0.250. The van der Waals surface area contributed by atoms with Crippen LogP contribution < -0.4 is 10.9 Å². The zero-order chi connectivity index (χ0) is 19.6. The van der Waals surface area contributed by atoms with Crippen LogP contribution in [0.2, 0.25) is 0 Å². The minimum absolute atomic E-state index is 0.00738. The van der Waals surface area contributed by atoms with Gasteiger partial charge in [-0.1, -0.05) is 18.2 Å². The van der Waals surface area contributed by atoms with Crippen LogP contribution in [0.1, 0.15) is 49.1 Å². The molecule has 0 radical (unpaired) electrons. The number of aryl methyl sites for hydroxylation is 3. The molecule has 0 spiro atoms. The number of carbonyl (C=O) groups excluding carboxylic acids is 3. The number of Topliss-reactive ketones (excluding diaryl/α,β-unsaturated/α-hetero) is 1. The Morgan fingerprint density at radius 2 is 1.78 bits per heavy atom. The fourth-order valence-electron chi connectivity index (χ4n) is 2.91. The second kappa shape index (κ2) is 7.75. The maximum atomic E-state index is 12.3. The minimum atomic E-state index is -0.535. The topological polar surface area (TPSA) is 88.4 Å². The number of benzene rings is 1. The number of hydrogen-bond acceptors (Lipinski definition) is 5. The lowest BCUT2D eigenvalue weighted by molar-refractivity contribution is -0.121. The Bertz CT molecular complexity index is 1030. The third-order valence-electron chi connectivity index (χ3n) is 4.29. The highest BCUT2D eigenvalue weighted by molar-refractivity contribution is 7.12. The molecular formula is C20H20N2O4S. The highest BCUT2D eigenvalue weighted by Gasteiger charge is 2.18. The lowest BCUT2D eigenvalue weighted by Crippen LogP contribution is -2.41. The summed E-state index contributed by atoms with van der Waals surface area (Å²) in [5.41, 5.74) is 6.64. The van der Waals surface area contributed by atoms with E-state index < -0.39 is 11.8 Å². The van der Waals surface area contributed by atoms with Crippen LogP contribution in [0.4, 0.5) is 0 Å². The Labute approximate surface area is 160 Å². The van der Waals surface area contributed by atoms with Gasteiger partial charge in [0.2, 0.25) is 5.91 Å². The van der Waals surface area contributed by atoms with E-state index in [2.05, 4.69) is 10.9 Å². The van der Waals surface area contributed by atoms with Crippen molar-refractivity contribution in [2.45, 2.75) is 33.6 Å². The number of thiophene rings is 1. The number of amides is 2. The molecular weight excluding hydrogens is 364 g/mol. The van der Waals surface area contributed by atoms with Crippen LogP contribution in [-0.2, 0) is 4.79 Å². The summed E-state index contributed by atoms with van der Waals surface area (Å²) >= 11 is 1.56. The van der Waals surface area contributed by atoms with Crippen LogP contribution in [-0.4, -0.2) is 17.6 Å². The number of carbonyl (C=O) groups is 3. The van der Waals surface area contributed by atoms with Gasteiger partial charge in [0.15, 0.2) is 11.5 Å². The standard InChI is InChI=1S/C20H20N2O4S/c1-11-10-15(13(3)27-11)16(23)8-9-18(24)21-22-20(25)19-12(2)14-6-4-5-7-17(14)26-19/h4-7,10H,8-9H2,1-3H3,(H,21,24)(H,22,25). The number of furan rings is 1. The number of rotatable bonds is 5. The van der Waals surface area contributed by atoms with Gasteiger partial charge in [0, 0.05) is 39.1 Å². The highest BCUT2D eigenvalue weighted by atomic mass is 32.1. The van der Waals surface area contributed by atoms with Gasteiger partial charge in [-0.2, -0.15) is 0 Å². The highest BCUT2D eigenvalue weighted by Crippen LogP contribution is 2.24. The molecule has 2 aromatic heterocycles. The minimum Gasteiger partial charge on any atom is -0.451 e. The summed E-state index contributed by atoms with van der Waals surface area (Å²) in [4.78, 5) is 38.4. The van der Waals surface area contributed by atoms with Gasteiger partial charge in [-0.3, -0.25) is 25.2 Å². The second-order valence-corrected chi connectivity index (χ2v) is 7.77. The number of fused-ring (bicyclic) bond motifs is 1. The molecule has 0 aliphatic carbocycles. The molecule has 2 N–H and O–H groups in total. The molecule has 3 rings (SSSR count). The van der Waals surface area contributed by atoms with Crippen molar-refractivity contribution in [1.29, 1.82) is 0 Å². The SMILES string of the molecule is Cc1cc(C(=O)CCC(=O)NNC(=O)c2oc3ccccc3c2C)c(C)s1. The average Bonchev–Trinajstić information content (AvgIpc) is 3.17. The summed E-state index contributed by atoms with van der Waals surface area (Å²) in [5.74, 6) is -0.897. The summed E-state index contributed by atoms with van der Waals surface area (Å²) in [6.45, 7) is 5.62. The van der Waals surface area contributed by atoms with Gasteiger partial charge in [-0.05, 0) is 32.9 Å². The molecule has 0 atom stereocenters. The quantitative estimate of drug-likeness (QED) is 0.517. The van der Waals surface area contributed by atoms with Crippen LogP contribution in [0.15, 0.2) is 34.7 Å². The molecule has 3 aromatic rings. The Balaban J connectivity index is 1.54. The van der Waals surface area contributed by atoms with Crippen molar-refractivity contribution in [2.24, 2.45) is 0 Å². The number of nitrogens with one attached hydrogen (secondary N) is 2. The van der Waals surface area contributed by atoms with E-state index in [0.29, 0.717) is 16.7 Å². The zero-order valence-corrected chi connectivity index (χ0v) is 16.2. The Morgan fingerprint density at radius 3 is 2.44 bits per heavy atom. The lowest BCUT2D eigenvalue weighted by Gasteiger charge is -2.06. The van der Waals surface area contributed by atoms with Crippen molar-refractivity contribution in [3.8, 4) is 0 Å². The smallest absolute Gasteiger partial charge is 0.305 e. The van der Waals surface area contributed by atoms with E-state index in [0.717, 1.165) is 15.1 Å². The Morgan fingerprint density at radius 1 is 1.04 bits per heavy atom. The van der Waals surface area contributed by atoms with Crippen molar-refractivity contribution >= 4 is 39.9 Å². The van der Waals surface area contributed by atoms with E-state index in [1.165, 1.54) is 0 Å². The van der Waals surface area contributed by atoms with E-state index in [4.69, 9.17) is 4.42 Å². The second-order valence-electron chi connectivity index (χ2n) is 6.30. The summed E-state index contributed by atoms with van der Waals surface area (Å²) in [6.07, 6.45) is 0.0783. The first kappa shape index (κ1) is 18.8. The molecule has 0 unspecified atom stereocenters. The molecule has 1 aromatic carbocycles. The molecule has 0 bridgehead atoms. The van der Waals surface area contributed by atoms with Crippen molar-refractivity contribution in [3.63, 3.8) is 0 Å². The summed E-state index contributed by atoms with van der Waals surface area (Å²) in [7, 11) is 0. The van der Waals surface area contributed by atoms with E-state index in [1.807, 2.05) is 38.1 Å². The normalized spacial score (nSPS) is 10.8. The number of para-hydroxylation sites is 1. The van der Waals surface area contributed by atoms with Crippen molar-refractivity contribution in [1.82, 2.24) is 10.9 Å². The van der Waals surface area contributed by atoms with Crippen LogP contribution in [0, 0.1) is 20.8 Å². The van der Waals surface area contributed by atoms with Gasteiger partial charge >= 0.3 is 5.91 Å². The van der Waals surface area contributed by atoms with Gasteiger partial charge in [-0.15, -0.1) is 11.3 Å². The molecule has 27 heavy (non-hydrogen) atoms. The van der Waals surface area contributed by atoms with Crippen molar-refractivity contribution in [3.05, 3.63) is 57.0 Å². The van der Waals surface area contributed by atoms with E-state index >= 15 is 0 Å². The van der Waals surface area contributed by atoms with Gasteiger partial charge in [0.25, 0.3) is 0 Å². The first-order valence-electron chi connectivity index (χ1n) is 8.54. The molecule has 0 fully saturated rings. The Hall–Kier alpha value is -2.93. The predicted octanol–water partition coefficient (Wildman–Crippen LogP) is 3.84.